The summed E-state index contributed by atoms with van der Waals surface area (Å²) in [5, 5.41) is 7.13. The predicted molar refractivity (Wildman–Crippen MR) is 106 cm³/mol. The van der Waals surface area contributed by atoms with Crippen molar-refractivity contribution >= 4 is 27.5 Å². The largest absolute Gasteiger partial charge is 0.339 e. The second-order valence-corrected chi connectivity index (χ2v) is 10.7. The van der Waals surface area contributed by atoms with Crippen molar-refractivity contribution in [2.45, 2.75) is 56.2 Å². The molecule has 142 valence electrons. The highest BCUT2D eigenvalue weighted by Gasteiger charge is 2.57. The van der Waals surface area contributed by atoms with E-state index in [9.17, 15) is 4.79 Å². The monoisotopic (exact) mass is 429 g/mol. The Hall–Kier alpha value is -1.69. The number of carbonyl (C=O) groups is 1. The van der Waals surface area contributed by atoms with Gasteiger partial charge in [0.15, 0.2) is 0 Å². The number of rotatable bonds is 4. The van der Waals surface area contributed by atoms with Gasteiger partial charge in [0.25, 0.3) is 0 Å². The molecule has 27 heavy (non-hydrogen) atoms. The summed E-state index contributed by atoms with van der Waals surface area (Å²) in [5.41, 5.74) is 1.71. The molecule has 1 N–H and O–H groups in total. The van der Waals surface area contributed by atoms with E-state index >= 15 is 0 Å². The SMILES string of the molecule is Cc1nc(-c2ccccc2NC(=O)CC23CC4CC(CC(Br)(C4)C2)C3)no1. The van der Waals surface area contributed by atoms with Crippen LogP contribution >= 0.6 is 15.9 Å². The number of para-hydroxylation sites is 1. The van der Waals surface area contributed by atoms with E-state index in [0.717, 1.165) is 29.5 Å². The van der Waals surface area contributed by atoms with Crippen molar-refractivity contribution in [2.24, 2.45) is 17.3 Å². The summed E-state index contributed by atoms with van der Waals surface area (Å²) < 4.78 is 5.38. The lowest BCUT2D eigenvalue weighted by molar-refractivity contribution is -0.123. The van der Waals surface area contributed by atoms with Crippen LogP contribution in [0.3, 0.4) is 0 Å². The van der Waals surface area contributed by atoms with Crippen molar-refractivity contribution in [3.8, 4) is 11.4 Å². The van der Waals surface area contributed by atoms with Crippen molar-refractivity contribution in [3.63, 3.8) is 0 Å². The second-order valence-electron chi connectivity index (χ2n) is 9.02. The molecular weight excluding hydrogens is 406 g/mol. The van der Waals surface area contributed by atoms with E-state index in [1.165, 1.54) is 32.1 Å². The van der Waals surface area contributed by atoms with Crippen molar-refractivity contribution in [1.29, 1.82) is 0 Å². The Balaban J connectivity index is 1.35. The maximum Gasteiger partial charge on any atom is 0.224 e. The van der Waals surface area contributed by atoms with Gasteiger partial charge in [0.2, 0.25) is 17.6 Å². The number of anilines is 1. The number of halogens is 1. The molecule has 1 aromatic heterocycles. The number of hydrogen-bond donors (Lipinski definition) is 1. The first kappa shape index (κ1) is 17.4. The van der Waals surface area contributed by atoms with E-state index < -0.39 is 0 Å². The lowest BCUT2D eigenvalue weighted by Gasteiger charge is -2.60. The van der Waals surface area contributed by atoms with Gasteiger partial charge in [-0.15, -0.1) is 0 Å². The Labute approximate surface area is 167 Å². The lowest BCUT2D eigenvalue weighted by Crippen LogP contribution is -2.53. The molecule has 4 saturated carbocycles. The summed E-state index contributed by atoms with van der Waals surface area (Å²) in [6.45, 7) is 1.76. The van der Waals surface area contributed by atoms with Crippen molar-refractivity contribution in [1.82, 2.24) is 10.1 Å². The molecule has 2 atom stereocenters. The van der Waals surface area contributed by atoms with Crippen LogP contribution in [0, 0.1) is 24.2 Å². The van der Waals surface area contributed by atoms with Gasteiger partial charge in [0, 0.05) is 23.2 Å². The highest BCUT2D eigenvalue weighted by Crippen LogP contribution is 2.65. The van der Waals surface area contributed by atoms with Crippen molar-refractivity contribution < 1.29 is 9.32 Å². The molecule has 0 spiro atoms. The van der Waals surface area contributed by atoms with E-state index in [-0.39, 0.29) is 15.6 Å². The average Bonchev–Trinajstić information content (AvgIpc) is 2.98. The molecule has 0 radical (unpaired) electrons. The third kappa shape index (κ3) is 3.22. The Bertz CT molecular complexity index is 879. The number of hydrogen-bond acceptors (Lipinski definition) is 4. The van der Waals surface area contributed by atoms with Crippen LogP contribution in [-0.2, 0) is 4.79 Å². The van der Waals surface area contributed by atoms with E-state index in [1.807, 2.05) is 24.3 Å². The molecule has 0 aliphatic heterocycles. The minimum atomic E-state index is 0.0979. The topological polar surface area (TPSA) is 68.0 Å². The molecule has 1 aromatic carbocycles. The third-order valence-corrected chi connectivity index (χ3v) is 7.54. The summed E-state index contributed by atoms with van der Waals surface area (Å²) >= 11 is 4.04. The number of nitrogens with one attached hydrogen (secondary N) is 1. The van der Waals surface area contributed by atoms with Gasteiger partial charge in [-0.25, -0.2) is 0 Å². The van der Waals surface area contributed by atoms with Crippen LogP contribution in [0.25, 0.3) is 11.4 Å². The third-order valence-electron chi connectivity index (χ3n) is 6.62. The fourth-order valence-corrected chi connectivity index (χ4v) is 7.78. The molecule has 5 nitrogen and oxygen atoms in total. The van der Waals surface area contributed by atoms with Crippen LogP contribution < -0.4 is 5.32 Å². The molecule has 1 amide bonds. The zero-order valence-corrected chi connectivity index (χ0v) is 17.1. The smallest absolute Gasteiger partial charge is 0.224 e. The number of aryl methyl sites for hydroxylation is 1. The fraction of sp³-hybridized carbons (Fsp3) is 0.571. The Morgan fingerprint density at radius 3 is 2.67 bits per heavy atom. The van der Waals surface area contributed by atoms with E-state index in [4.69, 9.17) is 4.52 Å². The first-order chi connectivity index (χ1) is 12.9. The van der Waals surface area contributed by atoms with Crippen LogP contribution in [0.4, 0.5) is 5.69 Å². The normalized spacial score (nSPS) is 34.0. The Kier molecular flexibility index (Phi) is 3.97. The van der Waals surface area contributed by atoms with Gasteiger partial charge >= 0.3 is 0 Å². The molecule has 4 aliphatic carbocycles. The predicted octanol–water partition coefficient (Wildman–Crippen LogP) is 5.11. The molecule has 6 heteroatoms. The molecule has 4 bridgehead atoms. The van der Waals surface area contributed by atoms with Gasteiger partial charge in [0.05, 0.1) is 5.69 Å². The van der Waals surface area contributed by atoms with Gasteiger partial charge in [-0.05, 0) is 67.9 Å². The summed E-state index contributed by atoms with van der Waals surface area (Å²) in [4.78, 5) is 17.3. The van der Waals surface area contributed by atoms with Gasteiger partial charge in [-0.2, -0.15) is 4.98 Å². The van der Waals surface area contributed by atoms with Crippen molar-refractivity contribution in [2.75, 3.05) is 5.32 Å². The van der Waals surface area contributed by atoms with Crippen LogP contribution in [0.5, 0.6) is 0 Å². The summed E-state index contributed by atoms with van der Waals surface area (Å²) in [6, 6.07) is 7.66. The average molecular weight is 430 g/mol. The molecule has 1 heterocycles. The number of aromatic nitrogens is 2. The molecule has 4 fully saturated rings. The number of benzene rings is 1. The second kappa shape index (κ2) is 6.16. The van der Waals surface area contributed by atoms with Gasteiger partial charge in [0.1, 0.15) is 0 Å². The highest BCUT2D eigenvalue weighted by molar-refractivity contribution is 9.10. The lowest BCUT2D eigenvalue weighted by atomic mass is 9.48. The molecule has 2 unspecified atom stereocenters. The Morgan fingerprint density at radius 2 is 2.00 bits per heavy atom. The van der Waals surface area contributed by atoms with Crippen molar-refractivity contribution in [3.05, 3.63) is 30.2 Å². The van der Waals surface area contributed by atoms with E-state index in [1.54, 1.807) is 6.92 Å². The van der Waals surface area contributed by atoms with Gasteiger partial charge < -0.3 is 9.84 Å². The molecule has 6 rings (SSSR count). The number of alkyl halides is 1. The quantitative estimate of drug-likeness (QED) is 0.685. The molecular formula is C21H24BrN3O2. The van der Waals surface area contributed by atoms with Crippen LogP contribution in [0.1, 0.15) is 50.8 Å². The zero-order chi connectivity index (χ0) is 18.6. The molecule has 2 aromatic rings. The molecule has 4 aliphatic rings. The van der Waals surface area contributed by atoms with E-state index in [2.05, 4.69) is 31.4 Å². The zero-order valence-electron chi connectivity index (χ0n) is 15.5. The fourth-order valence-electron chi connectivity index (χ4n) is 6.27. The number of carbonyl (C=O) groups excluding carboxylic acids is 1. The standard InChI is InChI=1S/C21H24BrN3O2/c1-13-23-19(25-27-13)16-4-2-3-5-17(16)24-18(26)11-20-7-14-6-15(8-20)10-21(22,9-14)12-20/h2-5,14-15H,6-12H2,1H3,(H,24,26). The Morgan fingerprint density at radius 1 is 1.26 bits per heavy atom. The summed E-state index contributed by atoms with van der Waals surface area (Å²) in [6.07, 6.45) is 8.07. The minimum Gasteiger partial charge on any atom is -0.339 e. The maximum atomic E-state index is 13.0. The van der Waals surface area contributed by atoms with Crippen LogP contribution in [-0.4, -0.2) is 20.4 Å². The summed E-state index contributed by atoms with van der Waals surface area (Å²) in [5.74, 6) is 2.70. The van der Waals surface area contributed by atoms with Crippen LogP contribution in [0.2, 0.25) is 0 Å². The minimum absolute atomic E-state index is 0.0979. The van der Waals surface area contributed by atoms with E-state index in [0.29, 0.717) is 18.1 Å². The highest BCUT2D eigenvalue weighted by atomic mass is 79.9. The van der Waals surface area contributed by atoms with Gasteiger partial charge in [-0.1, -0.05) is 33.2 Å². The van der Waals surface area contributed by atoms with Crippen LogP contribution in [0.15, 0.2) is 28.8 Å². The molecule has 0 saturated heterocycles. The summed E-state index contributed by atoms with van der Waals surface area (Å²) in [7, 11) is 0. The van der Waals surface area contributed by atoms with Gasteiger partial charge in [-0.3, -0.25) is 4.79 Å². The number of nitrogens with zero attached hydrogens (tertiary/aromatic N) is 2. The maximum absolute atomic E-state index is 13.0. The number of amides is 1. The first-order valence-corrected chi connectivity index (χ1v) is 10.6. The first-order valence-electron chi connectivity index (χ1n) is 9.81.